The smallest absolute Gasteiger partial charge is 0.267 e. The van der Waals surface area contributed by atoms with Gasteiger partial charge in [0.1, 0.15) is 0 Å². The van der Waals surface area contributed by atoms with Gasteiger partial charge in [-0.05, 0) is 54.4 Å². The number of hydrazone groups is 1. The van der Waals surface area contributed by atoms with Crippen molar-refractivity contribution in [3.8, 4) is 0 Å². The largest absolute Gasteiger partial charge is 0.271 e. The fraction of sp³-hybridized carbons (Fsp3) is 0.136. The summed E-state index contributed by atoms with van der Waals surface area (Å²) in [5.41, 5.74) is 5.47. The molecule has 7 nitrogen and oxygen atoms in total. The van der Waals surface area contributed by atoms with Crippen LogP contribution in [0.3, 0.4) is 0 Å². The number of nitrogens with one attached hydrogen (secondary N) is 1. The average Bonchev–Trinajstić information content (AvgIpc) is 2.75. The first-order valence-electron chi connectivity index (χ1n) is 9.21. The minimum atomic E-state index is -3.59. The molecule has 0 bridgehead atoms. The van der Waals surface area contributed by atoms with Crippen LogP contribution >= 0.6 is 0 Å². The highest BCUT2D eigenvalue weighted by Gasteiger charge is 2.20. The van der Waals surface area contributed by atoms with Crippen molar-refractivity contribution in [1.29, 1.82) is 0 Å². The molecule has 1 heterocycles. The highest BCUT2D eigenvalue weighted by molar-refractivity contribution is 7.89. The monoisotopic (exact) mass is 422 g/mol. The topological polar surface area (TPSA) is 91.7 Å². The number of sulfonamides is 1. The third-order valence-corrected chi connectivity index (χ3v) is 6.25. The number of nitrogens with zero attached hydrogens (tertiary/aromatic N) is 3. The Morgan fingerprint density at radius 2 is 1.67 bits per heavy atom. The zero-order chi connectivity index (χ0) is 21.6. The van der Waals surface area contributed by atoms with Gasteiger partial charge in [-0.15, -0.1) is 0 Å². The summed E-state index contributed by atoms with van der Waals surface area (Å²) in [6.07, 6.45) is 4.80. The number of rotatable bonds is 7. The number of aryl methyl sites for hydroxylation is 1. The van der Waals surface area contributed by atoms with Gasteiger partial charge >= 0.3 is 0 Å². The number of benzene rings is 2. The van der Waals surface area contributed by atoms with E-state index in [1.807, 2.05) is 6.92 Å². The first kappa shape index (κ1) is 21.4. The molecule has 0 aliphatic carbocycles. The molecule has 0 saturated heterocycles. The lowest BCUT2D eigenvalue weighted by atomic mass is 10.1. The van der Waals surface area contributed by atoms with Crippen LogP contribution in [-0.2, 0) is 16.6 Å². The predicted molar refractivity (Wildman–Crippen MR) is 116 cm³/mol. The predicted octanol–water partition coefficient (Wildman–Crippen LogP) is 2.97. The van der Waals surface area contributed by atoms with Gasteiger partial charge in [0.15, 0.2) is 0 Å². The standard InChI is InChI=1S/C22H22N4O3S/c1-17-3-9-21(10-4-17)30(28,29)26(2)16-19-5-7-20(8-6-19)22(27)25-24-15-18-11-13-23-14-12-18/h3-15H,16H2,1-2H3,(H,25,27)/b24-15-. The van der Waals surface area contributed by atoms with E-state index in [4.69, 9.17) is 0 Å². The molecule has 3 rings (SSSR count). The first-order chi connectivity index (χ1) is 14.4. The lowest BCUT2D eigenvalue weighted by Gasteiger charge is -2.17. The van der Waals surface area contributed by atoms with Crippen LogP contribution in [-0.4, -0.2) is 36.9 Å². The lowest BCUT2D eigenvalue weighted by Crippen LogP contribution is -2.26. The Bertz CT molecular complexity index is 1130. The van der Waals surface area contributed by atoms with E-state index < -0.39 is 10.0 Å². The van der Waals surface area contributed by atoms with Crippen molar-refractivity contribution in [2.75, 3.05) is 7.05 Å². The highest BCUT2D eigenvalue weighted by Crippen LogP contribution is 2.17. The SMILES string of the molecule is Cc1ccc(S(=O)(=O)N(C)Cc2ccc(C(=O)N/N=C\c3ccncc3)cc2)cc1. The molecule has 0 aliphatic heterocycles. The summed E-state index contributed by atoms with van der Waals surface area (Å²) >= 11 is 0. The Balaban J connectivity index is 1.61. The third-order valence-electron chi connectivity index (χ3n) is 4.44. The van der Waals surface area contributed by atoms with Gasteiger partial charge in [-0.1, -0.05) is 29.8 Å². The zero-order valence-electron chi connectivity index (χ0n) is 16.7. The van der Waals surface area contributed by atoms with Crippen molar-refractivity contribution in [2.24, 2.45) is 5.10 Å². The zero-order valence-corrected chi connectivity index (χ0v) is 17.5. The molecule has 0 saturated carbocycles. The van der Waals surface area contributed by atoms with Gasteiger partial charge in [-0.3, -0.25) is 9.78 Å². The maximum Gasteiger partial charge on any atom is 0.271 e. The maximum atomic E-state index is 12.7. The molecule has 30 heavy (non-hydrogen) atoms. The summed E-state index contributed by atoms with van der Waals surface area (Å²) in [6, 6.07) is 17.0. The van der Waals surface area contributed by atoms with E-state index in [0.717, 1.165) is 16.7 Å². The lowest BCUT2D eigenvalue weighted by molar-refractivity contribution is 0.0955. The van der Waals surface area contributed by atoms with Crippen molar-refractivity contribution in [2.45, 2.75) is 18.4 Å². The second kappa shape index (κ2) is 9.43. The van der Waals surface area contributed by atoms with Gasteiger partial charge in [0, 0.05) is 31.5 Å². The van der Waals surface area contributed by atoms with Crippen LogP contribution in [0.4, 0.5) is 0 Å². The number of carbonyl (C=O) groups is 1. The summed E-state index contributed by atoms with van der Waals surface area (Å²) in [4.78, 5) is 16.4. The molecule has 154 valence electrons. The molecule has 0 unspecified atom stereocenters. The Labute approximate surface area is 176 Å². The van der Waals surface area contributed by atoms with E-state index in [0.29, 0.717) is 5.56 Å². The van der Waals surface area contributed by atoms with E-state index in [1.54, 1.807) is 73.1 Å². The van der Waals surface area contributed by atoms with Crippen LogP contribution in [0, 0.1) is 6.92 Å². The second-order valence-electron chi connectivity index (χ2n) is 6.75. The van der Waals surface area contributed by atoms with Crippen LogP contribution in [0.5, 0.6) is 0 Å². The van der Waals surface area contributed by atoms with Crippen molar-refractivity contribution in [3.63, 3.8) is 0 Å². The van der Waals surface area contributed by atoms with E-state index in [1.165, 1.54) is 17.6 Å². The van der Waals surface area contributed by atoms with Crippen LogP contribution in [0.15, 0.2) is 83.1 Å². The summed E-state index contributed by atoms with van der Waals surface area (Å²) in [7, 11) is -2.06. The molecule has 0 fully saturated rings. The Hall–Kier alpha value is -3.36. The number of hydrogen-bond acceptors (Lipinski definition) is 5. The Morgan fingerprint density at radius 3 is 2.30 bits per heavy atom. The first-order valence-corrected chi connectivity index (χ1v) is 10.7. The van der Waals surface area contributed by atoms with Crippen LogP contribution in [0.25, 0.3) is 0 Å². The van der Waals surface area contributed by atoms with Gasteiger partial charge in [0.25, 0.3) is 5.91 Å². The minimum Gasteiger partial charge on any atom is -0.267 e. The van der Waals surface area contributed by atoms with Gasteiger partial charge in [0.05, 0.1) is 11.1 Å². The van der Waals surface area contributed by atoms with E-state index >= 15 is 0 Å². The molecule has 0 radical (unpaired) electrons. The molecule has 0 atom stereocenters. The van der Waals surface area contributed by atoms with Crippen molar-refractivity contribution >= 4 is 22.1 Å². The highest BCUT2D eigenvalue weighted by atomic mass is 32.2. The van der Waals surface area contributed by atoms with Crippen LogP contribution in [0.2, 0.25) is 0 Å². The van der Waals surface area contributed by atoms with E-state index in [-0.39, 0.29) is 17.3 Å². The molecular weight excluding hydrogens is 400 g/mol. The molecule has 0 aliphatic rings. The van der Waals surface area contributed by atoms with Crippen molar-refractivity contribution in [3.05, 3.63) is 95.3 Å². The second-order valence-corrected chi connectivity index (χ2v) is 8.80. The fourth-order valence-corrected chi connectivity index (χ4v) is 3.83. The van der Waals surface area contributed by atoms with Gasteiger partial charge < -0.3 is 0 Å². The summed E-state index contributed by atoms with van der Waals surface area (Å²) in [5, 5.41) is 3.92. The number of carbonyl (C=O) groups excluding carboxylic acids is 1. The van der Waals surface area contributed by atoms with Crippen molar-refractivity contribution in [1.82, 2.24) is 14.7 Å². The molecule has 8 heteroatoms. The van der Waals surface area contributed by atoms with E-state index in [9.17, 15) is 13.2 Å². The van der Waals surface area contributed by atoms with Crippen LogP contribution < -0.4 is 5.43 Å². The quantitative estimate of drug-likeness (QED) is 0.468. The average molecular weight is 423 g/mol. The van der Waals surface area contributed by atoms with E-state index in [2.05, 4.69) is 15.5 Å². The summed E-state index contributed by atoms with van der Waals surface area (Å²) in [5.74, 6) is -0.354. The Morgan fingerprint density at radius 1 is 1.03 bits per heavy atom. The summed E-state index contributed by atoms with van der Waals surface area (Å²) < 4.78 is 26.7. The fourth-order valence-electron chi connectivity index (χ4n) is 2.67. The number of hydrogen-bond donors (Lipinski definition) is 1. The molecule has 2 aromatic carbocycles. The minimum absolute atomic E-state index is 0.193. The molecule has 1 aromatic heterocycles. The van der Waals surface area contributed by atoms with Gasteiger partial charge in [0.2, 0.25) is 10.0 Å². The molecule has 1 amide bonds. The number of aromatic nitrogens is 1. The maximum absolute atomic E-state index is 12.7. The normalized spacial score (nSPS) is 11.7. The number of pyridine rings is 1. The molecule has 0 spiro atoms. The van der Waals surface area contributed by atoms with Crippen LogP contribution in [0.1, 0.15) is 27.0 Å². The van der Waals surface area contributed by atoms with Crippen molar-refractivity contribution < 1.29 is 13.2 Å². The molecular formula is C22H22N4O3S. The van der Waals surface area contributed by atoms with Gasteiger partial charge in [-0.25, -0.2) is 13.8 Å². The molecule has 1 N–H and O–H groups in total. The van der Waals surface area contributed by atoms with Gasteiger partial charge in [-0.2, -0.15) is 9.41 Å². The summed E-state index contributed by atoms with van der Waals surface area (Å²) in [6.45, 7) is 2.10. The molecule has 3 aromatic rings. The Kier molecular flexibility index (Phi) is 6.71. The number of amides is 1. The third kappa shape index (κ3) is 5.37.